The second-order valence-corrected chi connectivity index (χ2v) is 6.14. The number of aliphatic hydroxyl groups is 1. The summed E-state index contributed by atoms with van der Waals surface area (Å²) in [5.41, 5.74) is 2.06. The fourth-order valence-corrected chi connectivity index (χ4v) is 2.75. The molecule has 1 unspecified atom stereocenters. The standard InChI is InChI=1S/C15H13Br2FO/c16-13-4-1-10(2-5-13)12(9-19)7-11-3-6-14(18)8-15(11)17/h1-6,8,12,19H,7,9H2. The Labute approximate surface area is 128 Å². The van der Waals surface area contributed by atoms with Gasteiger partial charge in [-0.1, -0.05) is 50.1 Å². The van der Waals surface area contributed by atoms with Gasteiger partial charge in [0, 0.05) is 14.9 Å². The third kappa shape index (κ3) is 3.88. The van der Waals surface area contributed by atoms with Crippen LogP contribution in [0.3, 0.4) is 0 Å². The topological polar surface area (TPSA) is 20.2 Å². The van der Waals surface area contributed by atoms with Crippen molar-refractivity contribution in [2.24, 2.45) is 0 Å². The Morgan fingerprint density at radius 2 is 1.74 bits per heavy atom. The molecule has 2 aromatic rings. The predicted octanol–water partition coefficient (Wildman–Crippen LogP) is 4.67. The third-order valence-electron chi connectivity index (χ3n) is 3.04. The van der Waals surface area contributed by atoms with Crippen LogP contribution in [0.25, 0.3) is 0 Å². The van der Waals surface area contributed by atoms with Gasteiger partial charge in [-0.15, -0.1) is 0 Å². The van der Waals surface area contributed by atoms with E-state index in [9.17, 15) is 9.50 Å². The summed E-state index contributed by atoms with van der Waals surface area (Å²) < 4.78 is 14.8. The van der Waals surface area contributed by atoms with Gasteiger partial charge in [0.2, 0.25) is 0 Å². The molecule has 1 nitrogen and oxygen atoms in total. The van der Waals surface area contributed by atoms with Crippen molar-refractivity contribution in [1.29, 1.82) is 0 Å². The van der Waals surface area contributed by atoms with E-state index in [4.69, 9.17) is 0 Å². The lowest BCUT2D eigenvalue weighted by atomic mass is 9.93. The average molecular weight is 388 g/mol. The molecule has 0 fully saturated rings. The Kier molecular flexibility index (Phi) is 5.13. The predicted molar refractivity (Wildman–Crippen MR) is 81.8 cm³/mol. The lowest BCUT2D eigenvalue weighted by Gasteiger charge is -2.16. The molecule has 0 saturated carbocycles. The van der Waals surface area contributed by atoms with Crippen LogP contribution in [0, 0.1) is 5.82 Å². The van der Waals surface area contributed by atoms with Crippen molar-refractivity contribution in [2.45, 2.75) is 12.3 Å². The highest BCUT2D eigenvalue weighted by molar-refractivity contribution is 9.10. The molecular weight excluding hydrogens is 375 g/mol. The molecule has 0 radical (unpaired) electrons. The number of hydrogen-bond donors (Lipinski definition) is 1. The Bertz CT molecular complexity index is 555. The Hall–Kier alpha value is -0.710. The first-order valence-electron chi connectivity index (χ1n) is 5.90. The highest BCUT2D eigenvalue weighted by atomic mass is 79.9. The molecule has 2 rings (SSSR count). The minimum absolute atomic E-state index is 0.00913. The minimum atomic E-state index is -0.264. The van der Waals surface area contributed by atoms with Crippen LogP contribution in [-0.4, -0.2) is 11.7 Å². The average Bonchev–Trinajstić information content (AvgIpc) is 2.39. The van der Waals surface area contributed by atoms with Crippen molar-refractivity contribution < 1.29 is 9.50 Å². The van der Waals surface area contributed by atoms with Crippen LogP contribution in [0.4, 0.5) is 4.39 Å². The second kappa shape index (κ2) is 6.64. The van der Waals surface area contributed by atoms with E-state index in [1.165, 1.54) is 12.1 Å². The van der Waals surface area contributed by atoms with Gasteiger partial charge >= 0.3 is 0 Å². The number of halogens is 3. The molecule has 0 aliphatic heterocycles. The lowest BCUT2D eigenvalue weighted by molar-refractivity contribution is 0.264. The van der Waals surface area contributed by atoms with Gasteiger partial charge in [0.15, 0.2) is 0 Å². The summed E-state index contributed by atoms with van der Waals surface area (Å²) in [6, 6.07) is 12.5. The van der Waals surface area contributed by atoms with Crippen LogP contribution < -0.4 is 0 Å². The van der Waals surface area contributed by atoms with E-state index in [0.717, 1.165) is 20.1 Å². The van der Waals surface area contributed by atoms with Crippen LogP contribution in [0.1, 0.15) is 17.0 Å². The first-order chi connectivity index (χ1) is 9.10. The zero-order valence-corrected chi connectivity index (χ0v) is 13.3. The Morgan fingerprint density at radius 3 is 2.32 bits per heavy atom. The molecule has 19 heavy (non-hydrogen) atoms. The van der Waals surface area contributed by atoms with E-state index in [1.807, 2.05) is 24.3 Å². The van der Waals surface area contributed by atoms with Gasteiger partial charge in [-0.3, -0.25) is 0 Å². The molecule has 0 aromatic heterocycles. The van der Waals surface area contributed by atoms with E-state index in [1.54, 1.807) is 6.07 Å². The van der Waals surface area contributed by atoms with E-state index in [0.29, 0.717) is 6.42 Å². The molecule has 1 atom stereocenters. The van der Waals surface area contributed by atoms with Crippen molar-refractivity contribution >= 4 is 31.9 Å². The molecule has 4 heteroatoms. The Morgan fingerprint density at radius 1 is 1.05 bits per heavy atom. The van der Waals surface area contributed by atoms with E-state index in [2.05, 4.69) is 31.9 Å². The maximum atomic E-state index is 13.0. The molecule has 0 bridgehead atoms. The fraction of sp³-hybridized carbons (Fsp3) is 0.200. The van der Waals surface area contributed by atoms with Crippen LogP contribution >= 0.6 is 31.9 Å². The summed E-state index contributed by atoms with van der Waals surface area (Å²) in [7, 11) is 0. The van der Waals surface area contributed by atoms with Crippen LogP contribution in [-0.2, 0) is 6.42 Å². The van der Waals surface area contributed by atoms with Crippen molar-refractivity contribution in [2.75, 3.05) is 6.61 Å². The molecule has 0 aliphatic rings. The van der Waals surface area contributed by atoms with Crippen LogP contribution in [0.2, 0.25) is 0 Å². The summed E-state index contributed by atoms with van der Waals surface area (Å²) in [6.07, 6.45) is 0.666. The van der Waals surface area contributed by atoms with Gasteiger partial charge in [0.1, 0.15) is 5.82 Å². The number of hydrogen-bond acceptors (Lipinski definition) is 1. The maximum Gasteiger partial charge on any atom is 0.124 e. The summed E-state index contributed by atoms with van der Waals surface area (Å²) in [6.45, 7) is 0.0610. The van der Waals surface area contributed by atoms with Crippen LogP contribution in [0.15, 0.2) is 51.4 Å². The molecule has 0 aliphatic carbocycles. The lowest BCUT2D eigenvalue weighted by Crippen LogP contribution is -2.08. The first-order valence-corrected chi connectivity index (χ1v) is 7.49. The molecule has 0 spiro atoms. The van der Waals surface area contributed by atoms with Crippen LogP contribution in [0.5, 0.6) is 0 Å². The van der Waals surface area contributed by atoms with E-state index < -0.39 is 0 Å². The van der Waals surface area contributed by atoms with Gasteiger partial charge in [-0.25, -0.2) is 4.39 Å². The Balaban J connectivity index is 2.21. The van der Waals surface area contributed by atoms with Crippen molar-refractivity contribution in [3.63, 3.8) is 0 Å². The number of rotatable bonds is 4. The van der Waals surface area contributed by atoms with E-state index in [-0.39, 0.29) is 18.3 Å². The maximum absolute atomic E-state index is 13.0. The molecule has 0 amide bonds. The second-order valence-electron chi connectivity index (χ2n) is 4.37. The van der Waals surface area contributed by atoms with Crippen molar-refractivity contribution in [1.82, 2.24) is 0 Å². The monoisotopic (exact) mass is 386 g/mol. The zero-order chi connectivity index (χ0) is 13.8. The normalized spacial score (nSPS) is 12.4. The highest BCUT2D eigenvalue weighted by Crippen LogP contribution is 2.26. The van der Waals surface area contributed by atoms with Gasteiger partial charge < -0.3 is 5.11 Å². The van der Waals surface area contributed by atoms with Gasteiger partial charge in [0.05, 0.1) is 6.61 Å². The fourth-order valence-electron chi connectivity index (χ4n) is 1.98. The highest BCUT2D eigenvalue weighted by Gasteiger charge is 2.13. The largest absolute Gasteiger partial charge is 0.396 e. The summed E-state index contributed by atoms with van der Waals surface area (Å²) in [4.78, 5) is 0. The smallest absolute Gasteiger partial charge is 0.124 e. The zero-order valence-electron chi connectivity index (χ0n) is 10.1. The van der Waals surface area contributed by atoms with Gasteiger partial charge in [0.25, 0.3) is 0 Å². The van der Waals surface area contributed by atoms with E-state index >= 15 is 0 Å². The number of benzene rings is 2. The minimum Gasteiger partial charge on any atom is -0.396 e. The van der Waals surface area contributed by atoms with Gasteiger partial charge in [-0.05, 0) is 41.8 Å². The first kappa shape index (κ1) is 14.7. The molecule has 0 heterocycles. The number of aliphatic hydroxyl groups excluding tert-OH is 1. The van der Waals surface area contributed by atoms with Crippen molar-refractivity contribution in [3.05, 3.63) is 68.4 Å². The summed E-state index contributed by atoms with van der Waals surface area (Å²) in [5, 5.41) is 9.55. The molecule has 100 valence electrons. The molecule has 0 saturated heterocycles. The summed E-state index contributed by atoms with van der Waals surface area (Å²) in [5.74, 6) is -0.255. The molecular formula is C15H13Br2FO. The summed E-state index contributed by atoms with van der Waals surface area (Å²) >= 11 is 6.75. The van der Waals surface area contributed by atoms with Gasteiger partial charge in [-0.2, -0.15) is 0 Å². The third-order valence-corrected chi connectivity index (χ3v) is 4.31. The quantitative estimate of drug-likeness (QED) is 0.808. The molecule has 2 aromatic carbocycles. The SMILES string of the molecule is OCC(Cc1ccc(F)cc1Br)c1ccc(Br)cc1. The van der Waals surface area contributed by atoms with Crippen molar-refractivity contribution in [3.8, 4) is 0 Å². The molecule has 1 N–H and O–H groups in total.